The fraction of sp³-hybridized carbons (Fsp3) is 0.343. The number of carbonyl (C=O) groups excluding carboxylic acids is 1. The number of hydrogen-bond donors (Lipinski definition) is 1. The monoisotopic (exact) mass is 644 g/mol. The van der Waals surface area contributed by atoms with Gasteiger partial charge in [0, 0.05) is 17.9 Å². The molecule has 2 aliphatic rings. The molecule has 8 nitrogen and oxygen atoms in total. The van der Waals surface area contributed by atoms with Crippen LogP contribution in [0.3, 0.4) is 0 Å². The summed E-state index contributed by atoms with van der Waals surface area (Å²) < 4.78 is 60.1. The first kappa shape index (κ1) is 32.0. The molecule has 11 heteroatoms. The molecular formula is C35H38BFN2O6S. The van der Waals surface area contributed by atoms with Crippen LogP contribution < -0.4 is 15.5 Å². The van der Waals surface area contributed by atoms with Crippen LogP contribution in [-0.2, 0) is 25.8 Å². The molecule has 2 N–H and O–H groups in total. The first-order valence-corrected chi connectivity index (χ1v) is 17.1. The minimum absolute atomic E-state index is 0.00567. The molecule has 1 aromatic heterocycles. The van der Waals surface area contributed by atoms with Crippen molar-refractivity contribution in [2.24, 2.45) is 5.73 Å². The summed E-state index contributed by atoms with van der Waals surface area (Å²) in [5, 5.41) is 0.529. The van der Waals surface area contributed by atoms with Crippen LogP contribution in [-0.4, -0.2) is 45.4 Å². The largest absolute Gasteiger partial charge is 0.494 e. The van der Waals surface area contributed by atoms with Crippen molar-refractivity contribution in [3.63, 3.8) is 0 Å². The number of anilines is 1. The Bertz CT molecular complexity index is 1930. The maximum Gasteiger partial charge on any atom is 0.494 e. The van der Waals surface area contributed by atoms with Crippen LogP contribution in [0.5, 0.6) is 0 Å². The number of nitrogens with zero attached hydrogens (tertiary/aromatic N) is 1. The smallest absolute Gasteiger partial charge is 0.460 e. The summed E-state index contributed by atoms with van der Waals surface area (Å²) in [7, 11) is -4.29. The van der Waals surface area contributed by atoms with Crippen molar-refractivity contribution in [3.8, 4) is 0 Å². The van der Waals surface area contributed by atoms with Gasteiger partial charge in [-0.05, 0) is 92.4 Å². The number of rotatable bonds is 10. The van der Waals surface area contributed by atoms with Gasteiger partial charge in [0.2, 0.25) is 10.0 Å². The summed E-state index contributed by atoms with van der Waals surface area (Å²) >= 11 is 0. The Kier molecular flexibility index (Phi) is 7.94. The summed E-state index contributed by atoms with van der Waals surface area (Å²) in [6.07, 6.45) is 3.17. The number of halogens is 1. The second-order valence-corrected chi connectivity index (χ2v) is 15.2. The van der Waals surface area contributed by atoms with E-state index in [1.165, 1.54) is 22.7 Å². The van der Waals surface area contributed by atoms with E-state index in [1.54, 1.807) is 18.2 Å². The number of primary amides is 1. The van der Waals surface area contributed by atoms with Crippen LogP contribution in [0.25, 0.3) is 16.5 Å². The fourth-order valence-electron chi connectivity index (χ4n) is 5.82. The van der Waals surface area contributed by atoms with Crippen molar-refractivity contribution in [1.82, 2.24) is 0 Å². The molecule has 3 aromatic carbocycles. The van der Waals surface area contributed by atoms with E-state index in [0.717, 1.165) is 35.0 Å². The van der Waals surface area contributed by atoms with Gasteiger partial charge in [-0.15, -0.1) is 0 Å². The molecule has 0 spiro atoms. The third kappa shape index (κ3) is 6.11. The molecule has 6 rings (SSSR count). The van der Waals surface area contributed by atoms with Gasteiger partial charge in [0.1, 0.15) is 17.2 Å². The normalized spacial score (nSPS) is 17.4. The van der Waals surface area contributed by atoms with Gasteiger partial charge in [-0.2, -0.15) is 0 Å². The van der Waals surface area contributed by atoms with E-state index < -0.39 is 34.3 Å². The topological polar surface area (TPSA) is 112 Å². The molecule has 2 heterocycles. The Morgan fingerprint density at radius 1 is 1.02 bits per heavy atom. The summed E-state index contributed by atoms with van der Waals surface area (Å²) in [5.41, 5.74) is 9.73. The van der Waals surface area contributed by atoms with Crippen molar-refractivity contribution < 1.29 is 31.3 Å². The molecule has 1 amide bonds. The predicted molar refractivity (Wildman–Crippen MR) is 179 cm³/mol. The lowest BCUT2D eigenvalue weighted by molar-refractivity contribution is 0.00578. The zero-order valence-corrected chi connectivity index (χ0v) is 27.5. The maximum absolute atomic E-state index is 13.5. The summed E-state index contributed by atoms with van der Waals surface area (Å²) in [4.78, 5) is 12.7. The maximum atomic E-state index is 13.5. The zero-order valence-electron chi connectivity index (χ0n) is 26.7. The first-order chi connectivity index (χ1) is 21.5. The van der Waals surface area contributed by atoms with E-state index in [2.05, 4.69) is 6.58 Å². The van der Waals surface area contributed by atoms with Crippen LogP contribution in [0.15, 0.2) is 71.7 Å². The van der Waals surface area contributed by atoms with Crippen LogP contribution in [0.2, 0.25) is 0 Å². The summed E-state index contributed by atoms with van der Waals surface area (Å²) in [6.45, 7) is 12.2. The number of fused-ring (bicyclic) bond motifs is 1. The quantitative estimate of drug-likeness (QED) is 0.215. The van der Waals surface area contributed by atoms with Crippen LogP contribution in [0.4, 0.5) is 10.1 Å². The molecule has 2 fully saturated rings. The van der Waals surface area contributed by atoms with Gasteiger partial charge in [0.25, 0.3) is 5.91 Å². The molecule has 0 bridgehead atoms. The second-order valence-electron chi connectivity index (χ2n) is 13.3. The van der Waals surface area contributed by atoms with Gasteiger partial charge in [-0.3, -0.25) is 9.10 Å². The average Bonchev–Trinajstić information content (AvgIpc) is 3.71. The minimum Gasteiger partial charge on any atom is -0.460 e. The molecule has 0 unspecified atom stereocenters. The molecule has 1 saturated carbocycles. The molecular weight excluding hydrogens is 606 g/mol. The first-order valence-electron chi connectivity index (χ1n) is 15.3. The Balaban J connectivity index is 1.33. The second kappa shape index (κ2) is 11.4. The molecule has 46 heavy (non-hydrogen) atoms. The summed E-state index contributed by atoms with van der Waals surface area (Å²) in [6, 6.07) is 17.0. The third-order valence-electron chi connectivity index (χ3n) is 9.30. The van der Waals surface area contributed by atoms with Gasteiger partial charge in [-0.1, -0.05) is 43.0 Å². The predicted octanol–water partition coefficient (Wildman–Crippen LogP) is 5.92. The van der Waals surface area contributed by atoms with Crippen LogP contribution in [0, 0.1) is 5.82 Å². The SMILES string of the molecule is C=C(CN(c1cc2oc(Cc3ccc(F)cc3)c(C(N)=O)c2cc1C1CC1)S(C)(=O)=O)c1ccc(B2OC(C)(C)C(C)(C)O2)cc1. The Morgan fingerprint density at radius 2 is 1.63 bits per heavy atom. The zero-order chi connectivity index (χ0) is 33.2. The van der Waals surface area contributed by atoms with Gasteiger partial charge in [0.15, 0.2) is 0 Å². The van der Waals surface area contributed by atoms with Gasteiger partial charge < -0.3 is 19.5 Å². The molecule has 0 radical (unpaired) electrons. The van der Waals surface area contributed by atoms with E-state index in [4.69, 9.17) is 19.5 Å². The number of sulfonamides is 1. The van der Waals surface area contributed by atoms with Gasteiger partial charge >= 0.3 is 7.12 Å². The lowest BCUT2D eigenvalue weighted by atomic mass is 9.78. The number of amides is 1. The van der Waals surface area contributed by atoms with Crippen LogP contribution >= 0.6 is 0 Å². The average molecular weight is 645 g/mol. The van der Waals surface area contributed by atoms with E-state index in [1.807, 2.05) is 58.0 Å². The highest BCUT2D eigenvalue weighted by molar-refractivity contribution is 7.92. The molecule has 0 atom stereocenters. The van der Waals surface area contributed by atoms with Gasteiger partial charge in [-0.25, -0.2) is 12.8 Å². The van der Waals surface area contributed by atoms with Crippen molar-refractivity contribution >= 4 is 50.7 Å². The minimum atomic E-state index is -3.77. The van der Waals surface area contributed by atoms with E-state index in [9.17, 15) is 17.6 Å². The highest BCUT2D eigenvalue weighted by Gasteiger charge is 2.51. The highest BCUT2D eigenvalue weighted by Crippen LogP contribution is 2.47. The Morgan fingerprint density at radius 3 is 2.17 bits per heavy atom. The molecule has 1 saturated heterocycles. The van der Waals surface area contributed by atoms with Crippen molar-refractivity contribution in [2.75, 3.05) is 17.1 Å². The Labute approximate surface area is 269 Å². The number of benzene rings is 3. The fourth-order valence-corrected chi connectivity index (χ4v) is 6.73. The lowest BCUT2D eigenvalue weighted by Crippen LogP contribution is -2.41. The van der Waals surface area contributed by atoms with Crippen molar-refractivity contribution in [2.45, 2.75) is 64.1 Å². The Hall–Kier alpha value is -3.93. The number of hydrogen-bond acceptors (Lipinski definition) is 6. The van der Waals surface area contributed by atoms with E-state index in [0.29, 0.717) is 28.0 Å². The van der Waals surface area contributed by atoms with E-state index >= 15 is 0 Å². The van der Waals surface area contributed by atoms with Gasteiger partial charge in [0.05, 0.1) is 35.3 Å². The molecule has 1 aliphatic carbocycles. The lowest BCUT2D eigenvalue weighted by Gasteiger charge is -2.32. The number of carbonyl (C=O) groups is 1. The summed E-state index contributed by atoms with van der Waals surface area (Å²) in [5.74, 6) is -0.550. The van der Waals surface area contributed by atoms with E-state index in [-0.39, 0.29) is 30.3 Å². The third-order valence-corrected chi connectivity index (χ3v) is 10.4. The van der Waals surface area contributed by atoms with Crippen molar-refractivity contribution in [1.29, 1.82) is 0 Å². The molecule has 1 aliphatic heterocycles. The highest BCUT2D eigenvalue weighted by atomic mass is 32.2. The van der Waals surface area contributed by atoms with Crippen molar-refractivity contribution in [3.05, 3.63) is 101 Å². The number of nitrogens with two attached hydrogens (primary N) is 1. The number of furan rings is 1. The molecule has 4 aromatic rings. The van der Waals surface area contributed by atoms with Crippen LogP contribution in [0.1, 0.15) is 79.3 Å². The standard InChI is InChI=1S/C35H38BFN2O6S/c1-21(23-11-13-25(14-12-23)36-44-34(2,3)35(4,5)45-36)20-39(46(6,41)42)29-19-30-28(18-27(29)24-9-10-24)32(33(38)40)31(43-30)17-22-7-15-26(37)16-8-22/h7-8,11-16,18-19,24H,1,9-10,17,20H2,2-6H3,(H2,38,40). The molecule has 240 valence electrons.